The summed E-state index contributed by atoms with van der Waals surface area (Å²) in [6.45, 7) is 0.560. The number of halogens is 1. The van der Waals surface area contributed by atoms with E-state index >= 15 is 0 Å². The SMILES string of the molecule is O=c1[nH]c(N2CCc3c(F)cccc32)nc2c1cnn2-c1ccccc1. The van der Waals surface area contributed by atoms with Crippen molar-refractivity contribution in [2.45, 2.75) is 6.42 Å². The molecule has 2 aromatic carbocycles. The molecule has 1 aliphatic rings. The van der Waals surface area contributed by atoms with Crippen LogP contribution in [0.1, 0.15) is 5.56 Å². The fourth-order valence-electron chi connectivity index (χ4n) is 3.40. The summed E-state index contributed by atoms with van der Waals surface area (Å²) < 4.78 is 15.7. The van der Waals surface area contributed by atoms with Crippen molar-refractivity contribution in [3.8, 4) is 5.69 Å². The second-order valence-electron chi connectivity index (χ2n) is 6.16. The van der Waals surface area contributed by atoms with E-state index in [0.717, 1.165) is 11.4 Å². The van der Waals surface area contributed by atoms with E-state index in [1.165, 1.54) is 12.3 Å². The van der Waals surface area contributed by atoms with Crippen LogP contribution < -0.4 is 10.5 Å². The summed E-state index contributed by atoms with van der Waals surface area (Å²) >= 11 is 0. The van der Waals surface area contributed by atoms with Crippen LogP contribution in [0.5, 0.6) is 0 Å². The molecule has 0 saturated carbocycles. The van der Waals surface area contributed by atoms with Gasteiger partial charge in [0.05, 0.1) is 11.9 Å². The first-order chi connectivity index (χ1) is 12.7. The van der Waals surface area contributed by atoms with Gasteiger partial charge < -0.3 is 4.90 Å². The zero-order valence-electron chi connectivity index (χ0n) is 13.7. The van der Waals surface area contributed by atoms with Gasteiger partial charge in [-0.25, -0.2) is 9.07 Å². The first kappa shape index (κ1) is 14.8. The number of nitrogens with zero attached hydrogens (tertiary/aromatic N) is 4. The second kappa shape index (κ2) is 5.52. The Bertz CT molecular complexity index is 1180. The molecule has 0 amide bonds. The van der Waals surface area contributed by atoms with Crippen molar-refractivity contribution in [2.75, 3.05) is 11.4 Å². The van der Waals surface area contributed by atoms with Gasteiger partial charge in [0.2, 0.25) is 5.95 Å². The van der Waals surface area contributed by atoms with Crippen molar-refractivity contribution < 1.29 is 4.39 Å². The van der Waals surface area contributed by atoms with Crippen LogP contribution in [-0.2, 0) is 6.42 Å². The van der Waals surface area contributed by atoms with Gasteiger partial charge in [0, 0.05) is 17.8 Å². The quantitative estimate of drug-likeness (QED) is 0.605. The first-order valence-corrected chi connectivity index (χ1v) is 8.31. The molecular formula is C19H14FN5O. The van der Waals surface area contributed by atoms with Gasteiger partial charge in [-0.05, 0) is 30.7 Å². The number of hydrogen-bond donors (Lipinski definition) is 1. The molecule has 0 atom stereocenters. The van der Waals surface area contributed by atoms with Gasteiger partial charge in [0.25, 0.3) is 5.56 Å². The van der Waals surface area contributed by atoms with Crippen LogP contribution in [0, 0.1) is 5.82 Å². The average Bonchev–Trinajstić information content (AvgIpc) is 3.27. The summed E-state index contributed by atoms with van der Waals surface area (Å²) in [5.41, 5.74) is 2.40. The normalized spacial score (nSPS) is 13.3. The topological polar surface area (TPSA) is 66.8 Å². The Morgan fingerprint density at radius 1 is 1.08 bits per heavy atom. The number of hydrogen-bond acceptors (Lipinski definition) is 4. The third-order valence-corrected chi connectivity index (χ3v) is 4.65. The number of para-hydroxylation sites is 1. The van der Waals surface area contributed by atoms with Crippen LogP contribution >= 0.6 is 0 Å². The number of aromatic amines is 1. The Labute approximate surface area is 147 Å². The van der Waals surface area contributed by atoms with Crippen LogP contribution in [0.15, 0.2) is 59.5 Å². The summed E-state index contributed by atoms with van der Waals surface area (Å²) in [5, 5.41) is 4.72. The minimum atomic E-state index is -0.267. The first-order valence-electron chi connectivity index (χ1n) is 8.31. The number of rotatable bonds is 2. The molecule has 0 bridgehead atoms. The van der Waals surface area contributed by atoms with Gasteiger partial charge >= 0.3 is 0 Å². The third kappa shape index (κ3) is 2.13. The molecule has 0 fully saturated rings. The van der Waals surface area contributed by atoms with Crippen LogP contribution in [-0.4, -0.2) is 26.3 Å². The maximum Gasteiger partial charge on any atom is 0.263 e. The summed E-state index contributed by atoms with van der Waals surface area (Å²) in [5.74, 6) is 0.160. The molecule has 5 rings (SSSR count). The molecule has 0 aliphatic carbocycles. The summed E-state index contributed by atoms with van der Waals surface area (Å²) in [6, 6.07) is 14.5. The predicted octanol–water partition coefficient (Wildman–Crippen LogP) is 2.94. The van der Waals surface area contributed by atoms with Crippen molar-refractivity contribution in [1.29, 1.82) is 0 Å². The Kier molecular flexibility index (Phi) is 3.15. The largest absolute Gasteiger partial charge is 0.311 e. The van der Waals surface area contributed by atoms with Crippen LogP contribution in [0.25, 0.3) is 16.7 Å². The maximum atomic E-state index is 14.0. The number of fused-ring (bicyclic) bond motifs is 2. The fraction of sp³-hybridized carbons (Fsp3) is 0.105. The summed E-state index contributed by atoms with van der Waals surface area (Å²) in [4.78, 5) is 21.8. The standard InChI is InChI=1S/C19H14FN5O/c20-15-7-4-8-16-13(15)9-10-24(16)19-22-17-14(18(26)23-19)11-21-25(17)12-5-2-1-3-6-12/h1-8,11H,9-10H2,(H,22,23,26). The maximum absolute atomic E-state index is 14.0. The molecule has 26 heavy (non-hydrogen) atoms. The lowest BCUT2D eigenvalue weighted by Crippen LogP contribution is -2.21. The van der Waals surface area contributed by atoms with Crippen molar-refractivity contribution in [1.82, 2.24) is 19.7 Å². The summed E-state index contributed by atoms with van der Waals surface area (Å²) in [7, 11) is 0. The van der Waals surface area contributed by atoms with Crippen molar-refractivity contribution >= 4 is 22.7 Å². The molecule has 1 N–H and O–H groups in total. The molecule has 6 nitrogen and oxygen atoms in total. The lowest BCUT2D eigenvalue weighted by Gasteiger charge is -2.17. The molecule has 4 aromatic rings. The van der Waals surface area contributed by atoms with Gasteiger partial charge in [-0.2, -0.15) is 10.1 Å². The summed E-state index contributed by atoms with van der Waals surface area (Å²) in [6.07, 6.45) is 2.08. The number of aromatic nitrogens is 4. The third-order valence-electron chi connectivity index (χ3n) is 4.65. The Morgan fingerprint density at radius 3 is 2.77 bits per heavy atom. The minimum absolute atomic E-state index is 0.234. The molecule has 128 valence electrons. The lowest BCUT2D eigenvalue weighted by molar-refractivity contribution is 0.615. The van der Waals surface area contributed by atoms with Gasteiger partial charge in [-0.1, -0.05) is 24.3 Å². The van der Waals surface area contributed by atoms with Gasteiger partial charge in [-0.3, -0.25) is 9.78 Å². The van der Waals surface area contributed by atoms with Crippen LogP contribution in [0.2, 0.25) is 0 Å². The number of H-pyrrole nitrogens is 1. The van der Waals surface area contributed by atoms with E-state index in [1.54, 1.807) is 10.7 Å². The lowest BCUT2D eigenvalue weighted by atomic mass is 10.1. The highest BCUT2D eigenvalue weighted by Gasteiger charge is 2.25. The van der Waals surface area contributed by atoms with Crippen molar-refractivity contribution in [3.05, 3.63) is 76.5 Å². The number of nitrogens with one attached hydrogen (secondary N) is 1. The van der Waals surface area contributed by atoms with E-state index < -0.39 is 0 Å². The predicted molar refractivity (Wildman–Crippen MR) is 96.6 cm³/mol. The van der Waals surface area contributed by atoms with E-state index in [4.69, 9.17) is 0 Å². The highest BCUT2D eigenvalue weighted by molar-refractivity contribution is 5.78. The monoisotopic (exact) mass is 347 g/mol. The Hall–Kier alpha value is -3.48. The molecule has 0 unspecified atom stereocenters. The van der Waals surface area contributed by atoms with Gasteiger partial charge in [-0.15, -0.1) is 0 Å². The molecule has 0 radical (unpaired) electrons. The Balaban J connectivity index is 1.70. The van der Waals surface area contributed by atoms with E-state index in [0.29, 0.717) is 35.5 Å². The number of benzene rings is 2. The molecule has 7 heteroatoms. The molecule has 2 aromatic heterocycles. The van der Waals surface area contributed by atoms with Crippen molar-refractivity contribution in [2.24, 2.45) is 0 Å². The average molecular weight is 347 g/mol. The second-order valence-corrected chi connectivity index (χ2v) is 6.16. The highest BCUT2D eigenvalue weighted by Crippen LogP contribution is 2.34. The fourth-order valence-corrected chi connectivity index (χ4v) is 3.40. The van der Waals surface area contributed by atoms with Gasteiger partial charge in [0.1, 0.15) is 11.2 Å². The molecular weight excluding hydrogens is 333 g/mol. The zero-order chi connectivity index (χ0) is 17.7. The van der Waals surface area contributed by atoms with E-state index in [2.05, 4.69) is 15.1 Å². The smallest absolute Gasteiger partial charge is 0.263 e. The van der Waals surface area contributed by atoms with E-state index in [1.807, 2.05) is 41.3 Å². The van der Waals surface area contributed by atoms with Gasteiger partial charge in [0.15, 0.2) is 5.65 Å². The zero-order valence-corrected chi connectivity index (χ0v) is 13.7. The molecule has 0 spiro atoms. The number of anilines is 2. The van der Waals surface area contributed by atoms with Crippen LogP contribution in [0.4, 0.5) is 16.0 Å². The molecule has 3 heterocycles. The Morgan fingerprint density at radius 2 is 1.92 bits per heavy atom. The van der Waals surface area contributed by atoms with Crippen LogP contribution in [0.3, 0.4) is 0 Å². The highest BCUT2D eigenvalue weighted by atomic mass is 19.1. The molecule has 0 saturated heterocycles. The van der Waals surface area contributed by atoms with Crippen molar-refractivity contribution in [3.63, 3.8) is 0 Å². The molecule has 1 aliphatic heterocycles. The minimum Gasteiger partial charge on any atom is -0.311 e. The van der Waals surface area contributed by atoms with E-state index in [9.17, 15) is 9.18 Å². The van der Waals surface area contributed by atoms with E-state index in [-0.39, 0.29) is 11.4 Å².